The Labute approximate surface area is 219 Å². The predicted octanol–water partition coefficient (Wildman–Crippen LogP) is 6.36. The number of imidazole rings is 1. The van der Waals surface area contributed by atoms with Crippen LogP contribution < -0.4 is 14.8 Å². The maximum atomic E-state index is 12.5. The predicted molar refractivity (Wildman–Crippen MR) is 149 cm³/mol. The maximum absolute atomic E-state index is 12.5. The first kappa shape index (κ1) is 26.3. The fourth-order valence-electron chi connectivity index (χ4n) is 4.55. The van der Waals surface area contributed by atoms with Crippen LogP contribution in [0.1, 0.15) is 53.8 Å². The van der Waals surface area contributed by atoms with Crippen LogP contribution in [0.15, 0.2) is 72.8 Å². The van der Waals surface area contributed by atoms with E-state index in [0.29, 0.717) is 24.5 Å². The summed E-state index contributed by atoms with van der Waals surface area (Å²) < 4.78 is 13.6. The number of carbonyl (C=O) groups is 1. The molecule has 0 fully saturated rings. The quantitative estimate of drug-likeness (QED) is 0.205. The summed E-state index contributed by atoms with van der Waals surface area (Å²) in [6, 6.07) is 23.8. The molecule has 0 aliphatic heterocycles. The summed E-state index contributed by atoms with van der Waals surface area (Å²) in [5.74, 6) is 2.61. The van der Waals surface area contributed by atoms with Crippen molar-refractivity contribution in [2.45, 2.75) is 52.0 Å². The number of nitrogens with zero attached hydrogens (tertiary/aromatic N) is 2. The summed E-state index contributed by atoms with van der Waals surface area (Å²) in [4.78, 5) is 17.4. The second-order valence-electron chi connectivity index (χ2n) is 9.26. The average Bonchev–Trinajstić information content (AvgIpc) is 3.28. The Hall–Kier alpha value is -3.80. The van der Waals surface area contributed by atoms with Gasteiger partial charge < -0.3 is 19.4 Å². The van der Waals surface area contributed by atoms with Gasteiger partial charge in [-0.3, -0.25) is 4.79 Å². The van der Waals surface area contributed by atoms with Gasteiger partial charge in [-0.1, -0.05) is 48.9 Å². The van der Waals surface area contributed by atoms with E-state index in [1.807, 2.05) is 36.4 Å². The number of aromatic nitrogens is 2. The van der Waals surface area contributed by atoms with Crippen molar-refractivity contribution in [3.05, 3.63) is 89.7 Å². The Balaban J connectivity index is 1.23. The molecule has 0 spiro atoms. The highest BCUT2D eigenvalue weighted by Crippen LogP contribution is 2.20. The molecule has 1 amide bonds. The standard InChI is InChI=1S/C31H37N3O3/c1-24-14-5-9-18-28(24)37-23-13-12-22-34-27-17-8-7-16-26(27)33-30(34)20-4-3-11-21-32-31(35)25-15-6-10-19-29(25)36-2/h5-10,14-19H,3-4,11-13,20-23H2,1-2H3,(H,32,35). The molecular formula is C31H37N3O3. The first-order valence-electron chi connectivity index (χ1n) is 13.2. The number of fused-ring (bicyclic) bond motifs is 1. The van der Waals surface area contributed by atoms with Crippen LogP contribution in [-0.4, -0.2) is 35.7 Å². The van der Waals surface area contributed by atoms with E-state index in [1.54, 1.807) is 19.2 Å². The zero-order valence-electron chi connectivity index (χ0n) is 21.9. The number of hydrogen-bond donors (Lipinski definition) is 1. The molecule has 0 saturated carbocycles. The summed E-state index contributed by atoms with van der Waals surface area (Å²) in [7, 11) is 1.58. The van der Waals surface area contributed by atoms with Crippen molar-refractivity contribution < 1.29 is 14.3 Å². The number of aryl methyl sites for hydroxylation is 3. The Morgan fingerprint density at radius 1 is 0.865 bits per heavy atom. The largest absolute Gasteiger partial charge is 0.496 e. The fraction of sp³-hybridized carbons (Fsp3) is 0.355. The van der Waals surface area contributed by atoms with E-state index in [9.17, 15) is 4.79 Å². The molecule has 1 N–H and O–H groups in total. The number of unbranched alkanes of at least 4 members (excludes halogenated alkanes) is 3. The number of hydrogen-bond acceptors (Lipinski definition) is 4. The molecule has 1 heterocycles. The van der Waals surface area contributed by atoms with Gasteiger partial charge in [0, 0.05) is 19.5 Å². The zero-order chi connectivity index (χ0) is 25.9. The number of para-hydroxylation sites is 4. The molecule has 0 radical (unpaired) electrons. The molecule has 37 heavy (non-hydrogen) atoms. The molecule has 0 saturated heterocycles. The first-order chi connectivity index (χ1) is 18.2. The van der Waals surface area contributed by atoms with Crippen molar-refractivity contribution in [2.24, 2.45) is 0 Å². The van der Waals surface area contributed by atoms with Gasteiger partial charge in [0.25, 0.3) is 5.91 Å². The normalized spacial score (nSPS) is 11.0. The molecule has 4 rings (SSSR count). The van der Waals surface area contributed by atoms with Crippen LogP contribution >= 0.6 is 0 Å². The highest BCUT2D eigenvalue weighted by molar-refractivity contribution is 5.96. The van der Waals surface area contributed by atoms with Crippen LogP contribution in [-0.2, 0) is 13.0 Å². The first-order valence-corrected chi connectivity index (χ1v) is 13.2. The second-order valence-corrected chi connectivity index (χ2v) is 9.26. The van der Waals surface area contributed by atoms with Gasteiger partial charge in [0.15, 0.2) is 0 Å². The Bertz CT molecular complexity index is 1300. The Kier molecular flexibility index (Phi) is 9.58. The second kappa shape index (κ2) is 13.5. The Morgan fingerprint density at radius 2 is 1.62 bits per heavy atom. The lowest BCUT2D eigenvalue weighted by Gasteiger charge is -2.11. The highest BCUT2D eigenvalue weighted by atomic mass is 16.5. The van der Waals surface area contributed by atoms with Gasteiger partial charge in [0.05, 0.1) is 30.3 Å². The van der Waals surface area contributed by atoms with Gasteiger partial charge >= 0.3 is 0 Å². The van der Waals surface area contributed by atoms with Gasteiger partial charge in [-0.25, -0.2) is 4.98 Å². The van der Waals surface area contributed by atoms with Crippen molar-refractivity contribution in [1.29, 1.82) is 0 Å². The van der Waals surface area contributed by atoms with E-state index in [0.717, 1.165) is 62.2 Å². The lowest BCUT2D eigenvalue weighted by molar-refractivity contribution is 0.0950. The molecule has 4 aromatic rings. The van der Waals surface area contributed by atoms with E-state index < -0.39 is 0 Å². The van der Waals surface area contributed by atoms with E-state index >= 15 is 0 Å². The number of nitrogens with one attached hydrogen (secondary N) is 1. The molecule has 1 aromatic heterocycles. The molecule has 0 bridgehead atoms. The molecule has 6 nitrogen and oxygen atoms in total. The minimum Gasteiger partial charge on any atom is -0.496 e. The molecule has 6 heteroatoms. The van der Waals surface area contributed by atoms with Crippen LogP contribution in [0.25, 0.3) is 11.0 Å². The minimum absolute atomic E-state index is 0.0920. The monoisotopic (exact) mass is 499 g/mol. The third-order valence-electron chi connectivity index (χ3n) is 6.58. The van der Waals surface area contributed by atoms with Crippen LogP contribution in [0.5, 0.6) is 11.5 Å². The van der Waals surface area contributed by atoms with Crippen LogP contribution in [0.2, 0.25) is 0 Å². The lowest BCUT2D eigenvalue weighted by Crippen LogP contribution is -2.24. The van der Waals surface area contributed by atoms with Gasteiger partial charge in [-0.2, -0.15) is 0 Å². The molecule has 0 unspecified atom stereocenters. The smallest absolute Gasteiger partial charge is 0.255 e. The molecule has 0 aliphatic carbocycles. The zero-order valence-corrected chi connectivity index (χ0v) is 21.9. The van der Waals surface area contributed by atoms with Crippen molar-refractivity contribution in [3.8, 4) is 11.5 Å². The minimum atomic E-state index is -0.0920. The third kappa shape index (κ3) is 7.13. The number of methoxy groups -OCH3 is 1. The van der Waals surface area contributed by atoms with E-state index in [-0.39, 0.29) is 5.91 Å². The van der Waals surface area contributed by atoms with Crippen molar-refractivity contribution in [3.63, 3.8) is 0 Å². The van der Waals surface area contributed by atoms with E-state index in [2.05, 4.69) is 41.1 Å². The van der Waals surface area contributed by atoms with Gasteiger partial charge in [0.2, 0.25) is 0 Å². The van der Waals surface area contributed by atoms with Gasteiger partial charge in [0.1, 0.15) is 17.3 Å². The summed E-state index contributed by atoms with van der Waals surface area (Å²) in [5.41, 5.74) is 3.99. The van der Waals surface area contributed by atoms with Crippen molar-refractivity contribution in [2.75, 3.05) is 20.3 Å². The summed E-state index contributed by atoms with van der Waals surface area (Å²) in [6.45, 7) is 4.37. The molecular weight excluding hydrogens is 462 g/mol. The molecule has 0 atom stereocenters. The highest BCUT2D eigenvalue weighted by Gasteiger charge is 2.12. The number of carbonyl (C=O) groups excluding carboxylic acids is 1. The lowest BCUT2D eigenvalue weighted by atomic mass is 10.1. The Morgan fingerprint density at radius 3 is 2.46 bits per heavy atom. The van der Waals surface area contributed by atoms with Gasteiger partial charge in [-0.05, 0) is 68.5 Å². The fourth-order valence-corrected chi connectivity index (χ4v) is 4.55. The number of benzene rings is 3. The van der Waals surface area contributed by atoms with Crippen molar-refractivity contribution in [1.82, 2.24) is 14.9 Å². The molecule has 0 aliphatic rings. The van der Waals surface area contributed by atoms with Gasteiger partial charge in [-0.15, -0.1) is 0 Å². The summed E-state index contributed by atoms with van der Waals surface area (Å²) in [6.07, 6.45) is 5.94. The summed E-state index contributed by atoms with van der Waals surface area (Å²) in [5, 5.41) is 3.01. The van der Waals surface area contributed by atoms with E-state index in [1.165, 1.54) is 11.1 Å². The molecule has 194 valence electrons. The number of amides is 1. The van der Waals surface area contributed by atoms with Crippen LogP contribution in [0.3, 0.4) is 0 Å². The SMILES string of the molecule is COc1ccccc1C(=O)NCCCCCc1nc2ccccc2n1CCCCOc1ccccc1C. The van der Waals surface area contributed by atoms with Crippen LogP contribution in [0.4, 0.5) is 0 Å². The number of ether oxygens (including phenoxy) is 2. The van der Waals surface area contributed by atoms with E-state index in [4.69, 9.17) is 14.5 Å². The summed E-state index contributed by atoms with van der Waals surface area (Å²) >= 11 is 0. The maximum Gasteiger partial charge on any atom is 0.255 e. The number of rotatable bonds is 14. The van der Waals surface area contributed by atoms with Crippen LogP contribution in [0, 0.1) is 6.92 Å². The van der Waals surface area contributed by atoms with Crippen molar-refractivity contribution >= 4 is 16.9 Å². The average molecular weight is 500 g/mol. The third-order valence-corrected chi connectivity index (χ3v) is 6.58. The topological polar surface area (TPSA) is 65.4 Å². The molecule has 3 aromatic carbocycles.